The SMILES string of the molecule is Cc1ccccc1-c1ccc2nc(N)c(C=Cc3cncc(Br)c3)cc2c1. The number of hydrogen-bond acceptors (Lipinski definition) is 3. The standard InChI is InChI=1S/C23H18BrN3/c1-15-4-2-3-5-21(15)17-8-9-22-19(11-17)12-18(23(25)27-22)7-6-16-10-20(24)14-26-13-16/h2-14H,1H3,(H2,25,27). The first-order valence-electron chi connectivity index (χ1n) is 8.65. The predicted molar refractivity (Wildman–Crippen MR) is 117 cm³/mol. The summed E-state index contributed by atoms with van der Waals surface area (Å²) in [5.41, 5.74) is 12.6. The van der Waals surface area contributed by atoms with Crippen molar-refractivity contribution in [2.24, 2.45) is 0 Å². The third kappa shape index (κ3) is 3.76. The van der Waals surface area contributed by atoms with E-state index in [0.717, 1.165) is 26.5 Å². The van der Waals surface area contributed by atoms with E-state index in [2.05, 4.69) is 75.3 Å². The minimum atomic E-state index is 0.519. The summed E-state index contributed by atoms with van der Waals surface area (Å²) in [6.07, 6.45) is 7.53. The maximum absolute atomic E-state index is 6.17. The monoisotopic (exact) mass is 415 g/mol. The number of nitrogens with two attached hydrogens (primary N) is 1. The quantitative estimate of drug-likeness (QED) is 0.438. The van der Waals surface area contributed by atoms with Gasteiger partial charge in [0.15, 0.2) is 0 Å². The summed E-state index contributed by atoms with van der Waals surface area (Å²) in [7, 11) is 0. The number of rotatable bonds is 3. The van der Waals surface area contributed by atoms with Crippen LogP contribution in [0.25, 0.3) is 34.2 Å². The maximum atomic E-state index is 6.17. The molecule has 132 valence electrons. The zero-order valence-electron chi connectivity index (χ0n) is 14.9. The molecule has 2 N–H and O–H groups in total. The van der Waals surface area contributed by atoms with E-state index in [9.17, 15) is 0 Å². The highest BCUT2D eigenvalue weighted by atomic mass is 79.9. The molecule has 0 aliphatic heterocycles. The molecule has 0 amide bonds. The van der Waals surface area contributed by atoms with Crippen LogP contribution < -0.4 is 5.73 Å². The number of benzene rings is 2. The Labute approximate surface area is 166 Å². The van der Waals surface area contributed by atoms with Crippen LogP contribution in [0.5, 0.6) is 0 Å². The van der Waals surface area contributed by atoms with Gasteiger partial charge in [-0.1, -0.05) is 42.5 Å². The Morgan fingerprint density at radius 2 is 1.81 bits per heavy atom. The lowest BCUT2D eigenvalue weighted by Gasteiger charge is -2.09. The lowest BCUT2D eigenvalue weighted by molar-refractivity contribution is 1.30. The van der Waals surface area contributed by atoms with Gasteiger partial charge in [0.25, 0.3) is 0 Å². The Bertz CT molecular complexity index is 1170. The zero-order chi connectivity index (χ0) is 18.8. The minimum absolute atomic E-state index is 0.519. The molecule has 0 saturated carbocycles. The molecular weight excluding hydrogens is 398 g/mol. The van der Waals surface area contributed by atoms with Crippen LogP contribution in [0.3, 0.4) is 0 Å². The number of nitrogens with zero attached hydrogens (tertiary/aromatic N) is 2. The molecule has 0 fully saturated rings. The van der Waals surface area contributed by atoms with Crippen LogP contribution in [0.1, 0.15) is 16.7 Å². The van der Waals surface area contributed by atoms with Gasteiger partial charge in [-0.15, -0.1) is 0 Å². The van der Waals surface area contributed by atoms with Gasteiger partial charge in [0.2, 0.25) is 0 Å². The van der Waals surface area contributed by atoms with Gasteiger partial charge in [0.1, 0.15) is 5.82 Å². The Balaban J connectivity index is 1.76. The molecule has 0 aliphatic carbocycles. The van der Waals surface area contributed by atoms with Crippen molar-refractivity contribution in [1.29, 1.82) is 0 Å². The highest BCUT2D eigenvalue weighted by Crippen LogP contribution is 2.28. The highest BCUT2D eigenvalue weighted by Gasteiger charge is 2.06. The van der Waals surface area contributed by atoms with Crippen molar-refractivity contribution in [3.63, 3.8) is 0 Å². The molecule has 2 heterocycles. The van der Waals surface area contributed by atoms with E-state index in [4.69, 9.17) is 5.73 Å². The van der Waals surface area contributed by atoms with Gasteiger partial charge in [0.05, 0.1) is 5.52 Å². The molecule has 0 bridgehead atoms. The number of hydrogen-bond donors (Lipinski definition) is 1. The van der Waals surface area contributed by atoms with Crippen LogP contribution in [0.15, 0.2) is 71.5 Å². The Morgan fingerprint density at radius 1 is 0.963 bits per heavy atom. The fourth-order valence-corrected chi connectivity index (χ4v) is 3.49. The van der Waals surface area contributed by atoms with Crippen molar-refractivity contribution < 1.29 is 0 Å². The second-order valence-corrected chi connectivity index (χ2v) is 7.37. The first-order valence-corrected chi connectivity index (χ1v) is 9.44. The summed E-state index contributed by atoms with van der Waals surface area (Å²) in [6, 6.07) is 18.8. The average molecular weight is 416 g/mol. The smallest absolute Gasteiger partial charge is 0.131 e. The average Bonchev–Trinajstić information content (AvgIpc) is 2.66. The molecule has 0 aliphatic rings. The Morgan fingerprint density at radius 3 is 2.63 bits per heavy atom. The van der Waals surface area contributed by atoms with Crippen molar-refractivity contribution in [1.82, 2.24) is 9.97 Å². The Hall–Kier alpha value is -2.98. The van der Waals surface area contributed by atoms with Crippen molar-refractivity contribution in [2.45, 2.75) is 6.92 Å². The number of nitrogen functional groups attached to an aromatic ring is 1. The summed E-state index contributed by atoms with van der Waals surface area (Å²) in [4.78, 5) is 8.74. The van der Waals surface area contributed by atoms with Gasteiger partial charge in [-0.05, 0) is 69.4 Å². The molecule has 0 radical (unpaired) electrons. The Kier molecular flexibility index (Phi) is 4.73. The molecule has 0 saturated heterocycles. The second kappa shape index (κ2) is 7.33. The molecule has 4 rings (SSSR count). The number of pyridine rings is 2. The highest BCUT2D eigenvalue weighted by molar-refractivity contribution is 9.10. The zero-order valence-corrected chi connectivity index (χ0v) is 16.4. The van der Waals surface area contributed by atoms with Crippen LogP contribution in [0.2, 0.25) is 0 Å². The number of aromatic nitrogens is 2. The molecular formula is C23H18BrN3. The summed E-state index contributed by atoms with van der Waals surface area (Å²) in [5, 5.41) is 1.07. The first kappa shape index (κ1) is 17.4. The van der Waals surface area contributed by atoms with Crippen molar-refractivity contribution in [3.05, 3.63) is 88.2 Å². The lowest BCUT2D eigenvalue weighted by Crippen LogP contribution is -1.95. The van der Waals surface area contributed by atoms with Crippen molar-refractivity contribution in [3.8, 4) is 11.1 Å². The van der Waals surface area contributed by atoms with Gasteiger partial charge < -0.3 is 5.73 Å². The fourth-order valence-electron chi connectivity index (χ4n) is 3.11. The van der Waals surface area contributed by atoms with E-state index >= 15 is 0 Å². The van der Waals surface area contributed by atoms with Crippen molar-refractivity contribution >= 4 is 44.8 Å². The number of fused-ring (bicyclic) bond motifs is 1. The summed E-state index contributed by atoms with van der Waals surface area (Å²) in [5.74, 6) is 0.519. The number of anilines is 1. The van der Waals surface area contributed by atoms with Gasteiger partial charge in [-0.3, -0.25) is 4.98 Å². The predicted octanol–water partition coefficient (Wildman–Crippen LogP) is 6.12. The molecule has 0 atom stereocenters. The largest absolute Gasteiger partial charge is 0.383 e. The normalized spacial score (nSPS) is 11.3. The molecule has 0 spiro atoms. The summed E-state index contributed by atoms with van der Waals surface area (Å²) in [6.45, 7) is 2.13. The summed E-state index contributed by atoms with van der Waals surface area (Å²) < 4.78 is 0.942. The van der Waals surface area contributed by atoms with Gasteiger partial charge >= 0.3 is 0 Å². The minimum Gasteiger partial charge on any atom is -0.383 e. The lowest BCUT2D eigenvalue weighted by atomic mass is 9.98. The maximum Gasteiger partial charge on any atom is 0.131 e. The van der Waals surface area contributed by atoms with Crippen LogP contribution in [-0.4, -0.2) is 9.97 Å². The van der Waals surface area contributed by atoms with Crippen molar-refractivity contribution in [2.75, 3.05) is 5.73 Å². The topological polar surface area (TPSA) is 51.8 Å². The summed E-state index contributed by atoms with van der Waals surface area (Å²) >= 11 is 3.44. The third-order valence-corrected chi connectivity index (χ3v) is 4.95. The molecule has 3 nitrogen and oxygen atoms in total. The third-order valence-electron chi connectivity index (χ3n) is 4.51. The van der Waals surface area contributed by atoms with Crippen LogP contribution >= 0.6 is 15.9 Å². The number of aryl methyl sites for hydroxylation is 1. The molecule has 2 aromatic carbocycles. The van der Waals surface area contributed by atoms with Crippen LogP contribution in [0.4, 0.5) is 5.82 Å². The van der Waals surface area contributed by atoms with Gasteiger partial charge in [-0.2, -0.15) is 0 Å². The van der Waals surface area contributed by atoms with E-state index < -0.39 is 0 Å². The van der Waals surface area contributed by atoms with Gasteiger partial charge in [0, 0.05) is 27.8 Å². The van der Waals surface area contributed by atoms with Crippen LogP contribution in [0, 0.1) is 6.92 Å². The molecule has 2 aromatic heterocycles. The van der Waals surface area contributed by atoms with E-state index in [-0.39, 0.29) is 0 Å². The van der Waals surface area contributed by atoms with E-state index in [1.54, 1.807) is 6.20 Å². The van der Waals surface area contributed by atoms with E-state index in [1.165, 1.54) is 16.7 Å². The second-order valence-electron chi connectivity index (χ2n) is 6.46. The van der Waals surface area contributed by atoms with E-state index in [1.807, 2.05) is 30.5 Å². The number of halogens is 1. The molecule has 4 heteroatoms. The van der Waals surface area contributed by atoms with E-state index in [0.29, 0.717) is 5.82 Å². The molecule has 27 heavy (non-hydrogen) atoms. The first-order chi connectivity index (χ1) is 13.1. The molecule has 0 unspecified atom stereocenters. The van der Waals surface area contributed by atoms with Crippen LogP contribution in [-0.2, 0) is 0 Å². The van der Waals surface area contributed by atoms with Gasteiger partial charge in [-0.25, -0.2) is 4.98 Å². The molecule has 4 aromatic rings. The fraction of sp³-hybridized carbons (Fsp3) is 0.0435.